The number of hydrogen-bond donors (Lipinski definition) is 2. The van der Waals surface area contributed by atoms with Gasteiger partial charge in [-0.05, 0) is 55.1 Å². The molecule has 0 aromatic heterocycles. The quantitative estimate of drug-likeness (QED) is 0.726. The highest BCUT2D eigenvalue weighted by Crippen LogP contribution is 2.28. The van der Waals surface area contributed by atoms with Crippen LogP contribution in [0.4, 0.5) is 11.4 Å². The van der Waals surface area contributed by atoms with Crippen molar-refractivity contribution in [2.24, 2.45) is 5.92 Å². The summed E-state index contributed by atoms with van der Waals surface area (Å²) >= 11 is 1.63. The maximum atomic E-state index is 12.6. The van der Waals surface area contributed by atoms with E-state index in [0.717, 1.165) is 10.6 Å². The number of anilines is 2. The van der Waals surface area contributed by atoms with Gasteiger partial charge in [0.05, 0.1) is 11.8 Å². The number of thioether (sulfide) groups is 1. The van der Waals surface area contributed by atoms with Gasteiger partial charge in [0.2, 0.25) is 11.8 Å². The second kappa shape index (κ2) is 8.48. The maximum absolute atomic E-state index is 12.6. The molecule has 2 N–H and O–H groups in total. The van der Waals surface area contributed by atoms with E-state index >= 15 is 0 Å². The normalized spacial score (nSPS) is 17.4. The first-order valence-electron chi connectivity index (χ1n) is 8.97. The summed E-state index contributed by atoms with van der Waals surface area (Å²) in [6.45, 7) is 1.92. The van der Waals surface area contributed by atoms with Crippen molar-refractivity contribution in [2.45, 2.75) is 24.2 Å². The summed E-state index contributed by atoms with van der Waals surface area (Å²) in [6, 6.07) is 14.5. The molecule has 28 heavy (non-hydrogen) atoms. The van der Waals surface area contributed by atoms with Crippen LogP contribution in [-0.2, 0) is 14.4 Å². The highest BCUT2D eigenvalue weighted by Gasteiger charge is 2.35. The first-order valence-corrected chi connectivity index (χ1v) is 10.2. The lowest BCUT2D eigenvalue weighted by atomic mass is 10.0. The van der Waals surface area contributed by atoms with E-state index < -0.39 is 17.8 Å². The fraction of sp³-hybridized carbons (Fsp3) is 0.286. The molecule has 1 saturated heterocycles. The second-order valence-corrected chi connectivity index (χ2v) is 7.66. The average molecular weight is 398 g/mol. The summed E-state index contributed by atoms with van der Waals surface area (Å²) in [4.78, 5) is 38.9. The predicted molar refractivity (Wildman–Crippen MR) is 110 cm³/mol. The van der Waals surface area contributed by atoms with Crippen LogP contribution in [0.3, 0.4) is 0 Å². The van der Waals surface area contributed by atoms with E-state index in [1.54, 1.807) is 47.9 Å². The molecule has 0 aliphatic carbocycles. The van der Waals surface area contributed by atoms with Gasteiger partial charge in [0.1, 0.15) is 0 Å². The standard InChI is InChI=1S/C21H22N2O4S/c1-13(21(26)27)14-4-3-5-16(10-14)22-20(25)15-11-19(24)23(12-15)17-6-8-18(28-2)9-7-17/h3-10,13,15H,11-12H2,1-2H3,(H,22,25)(H,26,27). The van der Waals surface area contributed by atoms with E-state index in [1.165, 1.54) is 0 Å². The molecule has 2 amide bonds. The van der Waals surface area contributed by atoms with Crippen LogP contribution in [0.5, 0.6) is 0 Å². The zero-order chi connectivity index (χ0) is 20.3. The topological polar surface area (TPSA) is 86.7 Å². The van der Waals surface area contributed by atoms with Crippen molar-refractivity contribution >= 4 is 40.9 Å². The molecule has 0 radical (unpaired) electrons. The molecule has 7 heteroatoms. The Kier molecular flexibility index (Phi) is 6.04. The van der Waals surface area contributed by atoms with Crippen LogP contribution in [0.2, 0.25) is 0 Å². The Labute approximate surface area is 167 Å². The fourth-order valence-electron chi connectivity index (χ4n) is 3.17. The van der Waals surface area contributed by atoms with Gasteiger partial charge in [-0.25, -0.2) is 0 Å². The van der Waals surface area contributed by atoms with Crippen LogP contribution < -0.4 is 10.2 Å². The minimum atomic E-state index is -0.923. The molecule has 3 rings (SSSR count). The van der Waals surface area contributed by atoms with E-state index in [0.29, 0.717) is 17.8 Å². The van der Waals surface area contributed by atoms with E-state index in [4.69, 9.17) is 5.11 Å². The number of amides is 2. The molecule has 6 nitrogen and oxygen atoms in total. The molecule has 0 bridgehead atoms. The maximum Gasteiger partial charge on any atom is 0.310 e. The van der Waals surface area contributed by atoms with Crippen LogP contribution in [0.1, 0.15) is 24.8 Å². The molecule has 2 aromatic rings. The molecular weight excluding hydrogens is 376 g/mol. The van der Waals surface area contributed by atoms with Gasteiger partial charge in [-0.2, -0.15) is 0 Å². The summed E-state index contributed by atoms with van der Waals surface area (Å²) in [6.07, 6.45) is 2.14. The van der Waals surface area contributed by atoms with Crippen LogP contribution in [0.25, 0.3) is 0 Å². The lowest BCUT2D eigenvalue weighted by Gasteiger charge is -2.17. The van der Waals surface area contributed by atoms with E-state index in [2.05, 4.69) is 5.32 Å². The number of nitrogens with zero attached hydrogens (tertiary/aromatic N) is 1. The summed E-state index contributed by atoms with van der Waals surface area (Å²) in [5.41, 5.74) is 1.93. The zero-order valence-electron chi connectivity index (χ0n) is 15.7. The fourth-order valence-corrected chi connectivity index (χ4v) is 3.58. The number of carboxylic acids is 1. The number of rotatable bonds is 6. The molecule has 1 aliphatic heterocycles. The van der Waals surface area contributed by atoms with Gasteiger partial charge in [-0.1, -0.05) is 12.1 Å². The van der Waals surface area contributed by atoms with E-state index in [9.17, 15) is 14.4 Å². The first-order chi connectivity index (χ1) is 13.4. The third kappa shape index (κ3) is 4.36. The second-order valence-electron chi connectivity index (χ2n) is 6.78. The van der Waals surface area contributed by atoms with Crippen molar-refractivity contribution in [3.63, 3.8) is 0 Å². The van der Waals surface area contributed by atoms with Crippen LogP contribution in [0.15, 0.2) is 53.4 Å². The molecule has 2 atom stereocenters. The summed E-state index contributed by atoms with van der Waals surface area (Å²) < 4.78 is 0. The highest BCUT2D eigenvalue weighted by molar-refractivity contribution is 7.98. The smallest absolute Gasteiger partial charge is 0.310 e. The minimum Gasteiger partial charge on any atom is -0.481 e. The number of aliphatic carboxylic acids is 1. The monoisotopic (exact) mass is 398 g/mol. The first kappa shape index (κ1) is 19.9. The molecule has 1 aliphatic rings. The summed E-state index contributed by atoms with van der Waals surface area (Å²) in [5, 5.41) is 12.0. The molecule has 2 unspecified atom stereocenters. The SMILES string of the molecule is CSc1ccc(N2CC(C(=O)Nc3cccc(C(C)C(=O)O)c3)CC2=O)cc1. The Morgan fingerprint density at radius 1 is 1.21 bits per heavy atom. The Morgan fingerprint density at radius 3 is 2.57 bits per heavy atom. The lowest BCUT2D eigenvalue weighted by Crippen LogP contribution is -2.28. The molecule has 0 spiro atoms. The third-order valence-corrected chi connectivity index (χ3v) is 5.65. The summed E-state index contributed by atoms with van der Waals surface area (Å²) in [7, 11) is 0. The number of carbonyl (C=O) groups is 3. The van der Waals surface area contributed by atoms with Crippen molar-refractivity contribution in [3.8, 4) is 0 Å². The van der Waals surface area contributed by atoms with Crippen molar-refractivity contribution in [1.29, 1.82) is 0 Å². The largest absolute Gasteiger partial charge is 0.481 e. The van der Waals surface area contributed by atoms with Crippen molar-refractivity contribution in [3.05, 3.63) is 54.1 Å². The Hall–Kier alpha value is -2.80. The van der Waals surface area contributed by atoms with Gasteiger partial charge in [0, 0.05) is 29.2 Å². The highest BCUT2D eigenvalue weighted by atomic mass is 32.2. The van der Waals surface area contributed by atoms with Gasteiger partial charge in [0.15, 0.2) is 0 Å². The van der Waals surface area contributed by atoms with Gasteiger partial charge >= 0.3 is 5.97 Å². The van der Waals surface area contributed by atoms with Gasteiger partial charge < -0.3 is 15.3 Å². The number of carbonyl (C=O) groups excluding carboxylic acids is 2. The van der Waals surface area contributed by atoms with Crippen LogP contribution in [0, 0.1) is 5.92 Å². The molecule has 1 fully saturated rings. The van der Waals surface area contributed by atoms with E-state index in [1.807, 2.05) is 30.5 Å². The average Bonchev–Trinajstić information content (AvgIpc) is 3.09. The summed E-state index contributed by atoms with van der Waals surface area (Å²) in [5.74, 6) is -2.35. The van der Waals surface area contributed by atoms with Crippen molar-refractivity contribution in [1.82, 2.24) is 0 Å². The number of carboxylic acid groups (broad SMARTS) is 1. The molecule has 0 saturated carbocycles. The molecule has 2 aromatic carbocycles. The van der Waals surface area contributed by atoms with Gasteiger partial charge in [-0.15, -0.1) is 11.8 Å². The lowest BCUT2D eigenvalue weighted by molar-refractivity contribution is -0.138. The van der Waals surface area contributed by atoms with Gasteiger partial charge in [0.25, 0.3) is 0 Å². The number of hydrogen-bond acceptors (Lipinski definition) is 4. The van der Waals surface area contributed by atoms with Crippen LogP contribution >= 0.6 is 11.8 Å². The van der Waals surface area contributed by atoms with Crippen LogP contribution in [-0.4, -0.2) is 35.7 Å². The predicted octanol–water partition coefficient (Wildman–Crippen LogP) is 3.59. The van der Waals surface area contributed by atoms with E-state index in [-0.39, 0.29) is 18.2 Å². The molecular formula is C21H22N2O4S. The van der Waals surface area contributed by atoms with Crippen molar-refractivity contribution in [2.75, 3.05) is 23.0 Å². The number of nitrogens with one attached hydrogen (secondary N) is 1. The third-order valence-electron chi connectivity index (χ3n) is 4.90. The Morgan fingerprint density at radius 2 is 1.93 bits per heavy atom. The minimum absolute atomic E-state index is 0.0784. The van der Waals surface area contributed by atoms with Crippen molar-refractivity contribution < 1.29 is 19.5 Å². The molecule has 146 valence electrons. The zero-order valence-corrected chi connectivity index (χ0v) is 16.5. The Balaban J connectivity index is 1.68. The Bertz CT molecular complexity index is 898. The molecule has 1 heterocycles. The van der Waals surface area contributed by atoms with Gasteiger partial charge in [-0.3, -0.25) is 14.4 Å². The number of benzene rings is 2.